The molecule has 0 aromatic carbocycles. The third-order valence-corrected chi connectivity index (χ3v) is 3.22. The summed E-state index contributed by atoms with van der Waals surface area (Å²) in [7, 11) is 0. The van der Waals surface area contributed by atoms with E-state index in [1.54, 1.807) is 29.5 Å². The molecule has 6 nitrogen and oxygen atoms in total. The van der Waals surface area contributed by atoms with Gasteiger partial charge in [0.2, 0.25) is 0 Å². The van der Waals surface area contributed by atoms with Crippen LogP contribution in [0.4, 0.5) is 0 Å². The van der Waals surface area contributed by atoms with Crippen molar-refractivity contribution in [2.24, 2.45) is 0 Å². The van der Waals surface area contributed by atoms with Crippen molar-refractivity contribution in [2.45, 2.75) is 6.54 Å². The maximum atomic E-state index is 12.0. The number of carbonyl (C=O) groups excluding carboxylic acids is 1. The molecule has 90 valence electrons. The fourth-order valence-electron chi connectivity index (χ4n) is 1.60. The van der Waals surface area contributed by atoms with Gasteiger partial charge in [-0.25, -0.2) is 0 Å². The number of amides is 1. The second-order valence-electron chi connectivity index (χ2n) is 3.67. The summed E-state index contributed by atoms with van der Waals surface area (Å²) >= 11 is 1.60. The first-order valence-corrected chi connectivity index (χ1v) is 6.25. The standard InChI is InChI=1S/C11H9N5OS/c17-11(12-6-8-4-5-18-7-8)9-2-1-3-10-13-14-15-16(9)10/h1-5,7H,6H2,(H,12,17). The molecule has 0 unspecified atom stereocenters. The molecule has 0 bridgehead atoms. The molecule has 0 saturated heterocycles. The van der Waals surface area contributed by atoms with Crippen molar-refractivity contribution >= 4 is 22.9 Å². The second kappa shape index (κ2) is 4.53. The highest BCUT2D eigenvalue weighted by atomic mass is 32.1. The number of carbonyl (C=O) groups is 1. The van der Waals surface area contributed by atoms with E-state index in [-0.39, 0.29) is 5.91 Å². The van der Waals surface area contributed by atoms with Crippen LogP contribution in [0.25, 0.3) is 5.65 Å². The Labute approximate surface area is 106 Å². The zero-order valence-corrected chi connectivity index (χ0v) is 10.1. The van der Waals surface area contributed by atoms with Crippen molar-refractivity contribution in [1.82, 2.24) is 25.4 Å². The van der Waals surface area contributed by atoms with Crippen LogP contribution in [0.2, 0.25) is 0 Å². The van der Waals surface area contributed by atoms with Crippen LogP contribution in [0.1, 0.15) is 16.1 Å². The first-order valence-electron chi connectivity index (χ1n) is 5.31. The summed E-state index contributed by atoms with van der Waals surface area (Å²) < 4.78 is 1.42. The number of pyridine rings is 1. The Morgan fingerprint density at radius 3 is 3.17 bits per heavy atom. The number of hydrogen-bond acceptors (Lipinski definition) is 5. The van der Waals surface area contributed by atoms with Crippen LogP contribution in [0.5, 0.6) is 0 Å². The number of fused-ring (bicyclic) bond motifs is 1. The lowest BCUT2D eigenvalue weighted by Gasteiger charge is -2.04. The van der Waals surface area contributed by atoms with Crippen LogP contribution >= 0.6 is 11.3 Å². The Kier molecular flexibility index (Phi) is 2.73. The SMILES string of the molecule is O=C(NCc1ccsc1)c1cccc2nnnn12. The lowest BCUT2D eigenvalue weighted by molar-refractivity contribution is 0.0943. The van der Waals surface area contributed by atoms with Crippen molar-refractivity contribution in [3.63, 3.8) is 0 Å². The maximum Gasteiger partial charge on any atom is 0.270 e. The predicted octanol–water partition coefficient (Wildman–Crippen LogP) is 1.12. The third-order valence-electron chi connectivity index (χ3n) is 2.49. The molecule has 7 heteroatoms. The number of nitrogens with one attached hydrogen (secondary N) is 1. The molecule has 0 saturated carbocycles. The number of nitrogens with zero attached hydrogens (tertiary/aromatic N) is 4. The van der Waals surface area contributed by atoms with Gasteiger partial charge in [0, 0.05) is 6.54 Å². The molecule has 0 fully saturated rings. The molecular weight excluding hydrogens is 250 g/mol. The fraction of sp³-hybridized carbons (Fsp3) is 0.0909. The molecule has 0 radical (unpaired) electrons. The fourth-order valence-corrected chi connectivity index (χ4v) is 2.27. The average molecular weight is 259 g/mol. The molecule has 3 rings (SSSR count). The molecular formula is C11H9N5OS. The van der Waals surface area contributed by atoms with Crippen LogP contribution in [-0.2, 0) is 6.54 Å². The smallest absolute Gasteiger partial charge is 0.270 e. The van der Waals surface area contributed by atoms with Crippen LogP contribution in [0, 0.1) is 0 Å². The number of rotatable bonds is 3. The van der Waals surface area contributed by atoms with Gasteiger partial charge in [0.05, 0.1) is 0 Å². The van der Waals surface area contributed by atoms with Crippen LogP contribution in [0.15, 0.2) is 35.0 Å². The van der Waals surface area contributed by atoms with Crippen LogP contribution in [0.3, 0.4) is 0 Å². The molecule has 3 aromatic rings. The Morgan fingerprint density at radius 1 is 1.39 bits per heavy atom. The molecule has 1 amide bonds. The van der Waals surface area contributed by atoms with E-state index in [2.05, 4.69) is 20.8 Å². The molecule has 0 aliphatic heterocycles. The van der Waals surface area contributed by atoms with Crippen molar-refractivity contribution in [3.05, 3.63) is 46.3 Å². The summed E-state index contributed by atoms with van der Waals surface area (Å²) in [6.45, 7) is 0.501. The number of aromatic nitrogens is 4. The third kappa shape index (κ3) is 1.95. The molecule has 3 aromatic heterocycles. The Morgan fingerprint density at radius 2 is 2.33 bits per heavy atom. The van der Waals surface area contributed by atoms with Crippen molar-refractivity contribution < 1.29 is 4.79 Å². The number of thiophene rings is 1. The highest BCUT2D eigenvalue weighted by molar-refractivity contribution is 7.07. The van der Waals surface area contributed by atoms with Crippen molar-refractivity contribution in [2.75, 3.05) is 0 Å². The normalized spacial score (nSPS) is 10.7. The quantitative estimate of drug-likeness (QED) is 0.765. The Balaban J connectivity index is 1.81. The van der Waals surface area contributed by atoms with E-state index in [1.807, 2.05) is 16.8 Å². The summed E-state index contributed by atoms with van der Waals surface area (Å²) in [5.41, 5.74) is 2.06. The van der Waals surface area contributed by atoms with E-state index in [0.717, 1.165) is 5.56 Å². The minimum Gasteiger partial charge on any atom is -0.347 e. The van der Waals surface area contributed by atoms with E-state index in [4.69, 9.17) is 0 Å². The van der Waals surface area contributed by atoms with Crippen LogP contribution in [-0.4, -0.2) is 25.9 Å². The summed E-state index contributed by atoms with van der Waals surface area (Å²) in [4.78, 5) is 12.0. The highest BCUT2D eigenvalue weighted by Gasteiger charge is 2.11. The van der Waals surface area contributed by atoms with E-state index in [1.165, 1.54) is 4.52 Å². The van der Waals surface area contributed by atoms with Gasteiger partial charge in [-0.2, -0.15) is 15.9 Å². The minimum absolute atomic E-state index is 0.195. The molecule has 0 aliphatic rings. The lowest BCUT2D eigenvalue weighted by Crippen LogP contribution is -2.25. The first-order chi connectivity index (χ1) is 8.84. The zero-order chi connectivity index (χ0) is 12.4. The van der Waals surface area contributed by atoms with E-state index in [9.17, 15) is 4.79 Å². The van der Waals surface area contributed by atoms with Gasteiger partial charge in [-0.1, -0.05) is 6.07 Å². The van der Waals surface area contributed by atoms with E-state index >= 15 is 0 Å². The topological polar surface area (TPSA) is 72.2 Å². The first kappa shape index (κ1) is 10.8. The highest BCUT2D eigenvalue weighted by Crippen LogP contribution is 2.06. The van der Waals surface area contributed by atoms with Gasteiger partial charge in [-0.3, -0.25) is 4.79 Å². The van der Waals surface area contributed by atoms with Gasteiger partial charge < -0.3 is 5.32 Å². The second-order valence-corrected chi connectivity index (χ2v) is 4.45. The van der Waals surface area contributed by atoms with Crippen molar-refractivity contribution in [3.8, 4) is 0 Å². The monoisotopic (exact) mass is 259 g/mol. The minimum atomic E-state index is -0.195. The van der Waals surface area contributed by atoms with Gasteiger partial charge in [0.25, 0.3) is 5.91 Å². The largest absolute Gasteiger partial charge is 0.347 e. The molecule has 0 spiro atoms. The number of hydrogen-bond donors (Lipinski definition) is 1. The molecule has 1 N–H and O–H groups in total. The van der Waals surface area contributed by atoms with E-state index < -0.39 is 0 Å². The van der Waals surface area contributed by atoms with Gasteiger partial charge in [0.15, 0.2) is 5.65 Å². The van der Waals surface area contributed by atoms with Crippen LogP contribution < -0.4 is 5.32 Å². The molecule has 3 heterocycles. The van der Waals surface area contributed by atoms with Gasteiger partial charge >= 0.3 is 0 Å². The lowest BCUT2D eigenvalue weighted by atomic mass is 10.3. The molecule has 0 atom stereocenters. The summed E-state index contributed by atoms with van der Waals surface area (Å²) in [5.74, 6) is -0.195. The zero-order valence-electron chi connectivity index (χ0n) is 9.28. The van der Waals surface area contributed by atoms with Crippen molar-refractivity contribution in [1.29, 1.82) is 0 Å². The van der Waals surface area contributed by atoms with Gasteiger partial charge in [-0.05, 0) is 44.9 Å². The number of tetrazole rings is 1. The summed E-state index contributed by atoms with van der Waals surface area (Å²) in [6.07, 6.45) is 0. The molecule has 0 aliphatic carbocycles. The van der Waals surface area contributed by atoms with Gasteiger partial charge in [0.1, 0.15) is 5.69 Å². The van der Waals surface area contributed by atoms with E-state index in [0.29, 0.717) is 17.9 Å². The average Bonchev–Trinajstić information content (AvgIpc) is 3.05. The Bertz CT molecular complexity index is 676. The molecule has 18 heavy (non-hydrogen) atoms. The maximum absolute atomic E-state index is 12.0. The Hall–Kier alpha value is -2.28. The summed E-state index contributed by atoms with van der Waals surface area (Å²) in [6, 6.07) is 7.16. The summed E-state index contributed by atoms with van der Waals surface area (Å²) in [5, 5.41) is 17.9. The predicted molar refractivity (Wildman–Crippen MR) is 66.3 cm³/mol. The van der Waals surface area contributed by atoms with Gasteiger partial charge in [-0.15, -0.1) is 5.10 Å².